The van der Waals surface area contributed by atoms with Crippen molar-refractivity contribution < 1.29 is 8.42 Å². The van der Waals surface area contributed by atoms with Crippen LogP contribution in [0.4, 0.5) is 0 Å². The quantitative estimate of drug-likeness (QED) is 0.760. The molecule has 15 heavy (non-hydrogen) atoms. The molecule has 1 aliphatic rings. The van der Waals surface area contributed by atoms with Crippen LogP contribution in [0, 0.1) is 0 Å². The summed E-state index contributed by atoms with van der Waals surface area (Å²) in [6, 6.07) is 5.54. The van der Waals surface area contributed by atoms with Crippen molar-refractivity contribution in [1.29, 1.82) is 0 Å². The van der Waals surface area contributed by atoms with Crippen molar-refractivity contribution in [3.8, 4) is 0 Å². The molecule has 1 unspecified atom stereocenters. The van der Waals surface area contributed by atoms with Crippen molar-refractivity contribution in [3.63, 3.8) is 0 Å². The van der Waals surface area contributed by atoms with Crippen LogP contribution in [-0.4, -0.2) is 30.5 Å². The zero-order chi connectivity index (χ0) is 10.9. The molecular formula is C10H14N2O2S. The Kier molecular flexibility index (Phi) is 2.75. The number of hydrogen-bond acceptors (Lipinski definition) is 3. The fourth-order valence-corrected chi connectivity index (χ4v) is 3.14. The molecular weight excluding hydrogens is 212 g/mol. The average Bonchev–Trinajstić information content (AvgIpc) is 2.67. The third-order valence-corrected chi connectivity index (χ3v) is 3.95. The first-order chi connectivity index (χ1) is 7.09. The molecule has 2 rings (SSSR count). The van der Waals surface area contributed by atoms with Gasteiger partial charge in [0.15, 0.2) is 0 Å². The van der Waals surface area contributed by atoms with Crippen molar-refractivity contribution in [1.82, 2.24) is 9.29 Å². The Bertz CT molecular complexity index is 430. The largest absolute Gasteiger partial charge is 0.260 e. The Morgan fingerprint density at radius 2 is 2.27 bits per heavy atom. The highest BCUT2D eigenvalue weighted by molar-refractivity contribution is 7.88. The number of pyridine rings is 1. The maximum absolute atomic E-state index is 11.5. The zero-order valence-corrected chi connectivity index (χ0v) is 9.44. The molecule has 2 heterocycles. The maximum atomic E-state index is 11.5. The first-order valence-corrected chi connectivity index (χ1v) is 6.81. The topological polar surface area (TPSA) is 50.3 Å². The minimum absolute atomic E-state index is 0.0683. The summed E-state index contributed by atoms with van der Waals surface area (Å²) in [5.41, 5.74) is 0.848. The highest BCUT2D eigenvalue weighted by Gasteiger charge is 2.32. The number of aromatic nitrogens is 1. The van der Waals surface area contributed by atoms with Crippen LogP contribution in [0.1, 0.15) is 24.6 Å². The van der Waals surface area contributed by atoms with Gasteiger partial charge in [-0.15, -0.1) is 0 Å². The fourth-order valence-electron chi connectivity index (χ4n) is 2.01. The summed E-state index contributed by atoms with van der Waals surface area (Å²) in [5, 5.41) is 0. The molecule has 0 spiro atoms. The minimum atomic E-state index is -3.11. The van der Waals surface area contributed by atoms with Crippen LogP contribution in [0.15, 0.2) is 24.4 Å². The van der Waals surface area contributed by atoms with Gasteiger partial charge < -0.3 is 0 Å². The van der Waals surface area contributed by atoms with Gasteiger partial charge in [0.1, 0.15) is 0 Å². The van der Waals surface area contributed by atoms with Crippen LogP contribution in [0.3, 0.4) is 0 Å². The first-order valence-electron chi connectivity index (χ1n) is 4.97. The number of rotatable bonds is 2. The third kappa shape index (κ3) is 2.18. The van der Waals surface area contributed by atoms with E-state index in [4.69, 9.17) is 0 Å². The Labute approximate surface area is 90.0 Å². The van der Waals surface area contributed by atoms with Gasteiger partial charge in [0.2, 0.25) is 10.0 Å². The fraction of sp³-hybridized carbons (Fsp3) is 0.500. The lowest BCUT2D eigenvalue weighted by atomic mass is 10.1. The number of sulfonamides is 1. The van der Waals surface area contributed by atoms with E-state index in [0.29, 0.717) is 6.54 Å². The van der Waals surface area contributed by atoms with Gasteiger partial charge in [-0.1, -0.05) is 6.07 Å². The van der Waals surface area contributed by atoms with Crippen molar-refractivity contribution in [3.05, 3.63) is 30.1 Å². The Balaban J connectivity index is 2.30. The molecule has 1 aliphatic heterocycles. The van der Waals surface area contributed by atoms with Gasteiger partial charge in [-0.05, 0) is 25.0 Å². The molecule has 0 saturated carbocycles. The highest BCUT2D eigenvalue weighted by Crippen LogP contribution is 2.32. The summed E-state index contributed by atoms with van der Waals surface area (Å²) in [7, 11) is -3.11. The third-order valence-electron chi connectivity index (χ3n) is 2.66. The predicted octanol–water partition coefficient (Wildman–Crippen LogP) is 1.18. The molecule has 0 aromatic carbocycles. The predicted molar refractivity (Wildman–Crippen MR) is 57.8 cm³/mol. The Hall–Kier alpha value is -0.940. The van der Waals surface area contributed by atoms with Gasteiger partial charge in [-0.25, -0.2) is 8.42 Å². The van der Waals surface area contributed by atoms with Gasteiger partial charge in [0.05, 0.1) is 18.0 Å². The smallest absolute Gasteiger partial charge is 0.211 e. The van der Waals surface area contributed by atoms with Gasteiger partial charge in [0.25, 0.3) is 0 Å². The Morgan fingerprint density at radius 1 is 1.47 bits per heavy atom. The van der Waals surface area contributed by atoms with Crippen LogP contribution >= 0.6 is 0 Å². The minimum Gasteiger partial charge on any atom is -0.260 e. The van der Waals surface area contributed by atoms with E-state index in [-0.39, 0.29) is 6.04 Å². The van der Waals surface area contributed by atoms with Crippen LogP contribution in [0.25, 0.3) is 0 Å². The molecule has 1 aromatic heterocycles. The summed E-state index contributed by atoms with van der Waals surface area (Å²) in [6.45, 7) is 0.611. The second kappa shape index (κ2) is 3.90. The zero-order valence-electron chi connectivity index (χ0n) is 8.63. The van der Waals surface area contributed by atoms with Crippen LogP contribution in [0.5, 0.6) is 0 Å². The van der Waals surface area contributed by atoms with E-state index in [2.05, 4.69) is 4.98 Å². The molecule has 0 N–H and O–H groups in total. The molecule has 0 amide bonds. The van der Waals surface area contributed by atoms with Crippen molar-refractivity contribution >= 4 is 10.0 Å². The molecule has 82 valence electrons. The first kappa shape index (κ1) is 10.6. The molecule has 1 aromatic rings. The van der Waals surface area contributed by atoms with Crippen molar-refractivity contribution in [2.45, 2.75) is 18.9 Å². The lowest BCUT2D eigenvalue weighted by Gasteiger charge is -2.21. The maximum Gasteiger partial charge on any atom is 0.211 e. The van der Waals surface area contributed by atoms with Gasteiger partial charge in [0, 0.05) is 12.7 Å². The second-order valence-corrected chi connectivity index (χ2v) is 5.72. The summed E-state index contributed by atoms with van der Waals surface area (Å²) in [6.07, 6.45) is 4.74. The van der Waals surface area contributed by atoms with Crippen LogP contribution in [0.2, 0.25) is 0 Å². The molecule has 0 radical (unpaired) electrons. The van der Waals surface area contributed by atoms with E-state index >= 15 is 0 Å². The lowest BCUT2D eigenvalue weighted by molar-refractivity contribution is 0.394. The molecule has 0 aliphatic carbocycles. The summed E-state index contributed by atoms with van der Waals surface area (Å²) < 4.78 is 24.6. The van der Waals surface area contributed by atoms with Gasteiger partial charge >= 0.3 is 0 Å². The SMILES string of the molecule is CS(=O)(=O)N1CCCC1c1ccccn1. The lowest BCUT2D eigenvalue weighted by Crippen LogP contribution is -2.29. The molecule has 1 fully saturated rings. The van der Waals surface area contributed by atoms with Gasteiger partial charge in [-0.2, -0.15) is 4.31 Å². The standard InChI is InChI=1S/C10H14N2O2S/c1-15(13,14)12-8-4-6-10(12)9-5-2-3-7-11-9/h2-3,5,7,10H,4,6,8H2,1H3. The van der Waals surface area contributed by atoms with E-state index in [0.717, 1.165) is 18.5 Å². The molecule has 5 heteroatoms. The van der Waals surface area contributed by atoms with Crippen molar-refractivity contribution in [2.24, 2.45) is 0 Å². The van der Waals surface area contributed by atoms with Crippen molar-refractivity contribution in [2.75, 3.05) is 12.8 Å². The molecule has 1 atom stereocenters. The summed E-state index contributed by atoms with van der Waals surface area (Å²) in [5.74, 6) is 0. The van der Waals surface area contributed by atoms with E-state index in [1.807, 2.05) is 18.2 Å². The average molecular weight is 226 g/mol. The van der Waals surface area contributed by atoms with E-state index < -0.39 is 10.0 Å². The highest BCUT2D eigenvalue weighted by atomic mass is 32.2. The van der Waals surface area contributed by atoms with Crippen LogP contribution in [-0.2, 0) is 10.0 Å². The van der Waals surface area contributed by atoms with E-state index in [1.54, 1.807) is 6.20 Å². The Morgan fingerprint density at radius 3 is 2.87 bits per heavy atom. The summed E-state index contributed by atoms with van der Waals surface area (Å²) in [4.78, 5) is 4.22. The van der Waals surface area contributed by atoms with Crippen LogP contribution < -0.4 is 0 Å². The van der Waals surface area contributed by atoms with E-state index in [1.165, 1.54) is 10.6 Å². The van der Waals surface area contributed by atoms with Gasteiger partial charge in [-0.3, -0.25) is 4.98 Å². The number of nitrogens with zero attached hydrogens (tertiary/aromatic N) is 2. The second-order valence-electron chi connectivity index (χ2n) is 3.79. The monoisotopic (exact) mass is 226 g/mol. The normalized spacial score (nSPS) is 23.1. The van der Waals surface area contributed by atoms with E-state index in [9.17, 15) is 8.42 Å². The molecule has 1 saturated heterocycles. The summed E-state index contributed by atoms with van der Waals surface area (Å²) >= 11 is 0. The number of hydrogen-bond donors (Lipinski definition) is 0. The molecule has 4 nitrogen and oxygen atoms in total. The molecule has 0 bridgehead atoms.